The molecule has 5 heteroatoms. The molecule has 0 spiro atoms. The van der Waals surface area contributed by atoms with Gasteiger partial charge in [-0.2, -0.15) is 0 Å². The summed E-state index contributed by atoms with van der Waals surface area (Å²) in [5.74, 6) is 2.71. The van der Waals surface area contributed by atoms with Crippen molar-refractivity contribution in [3.05, 3.63) is 40.9 Å². The van der Waals surface area contributed by atoms with Crippen molar-refractivity contribution in [2.24, 2.45) is 0 Å². The Hall–Kier alpha value is -1.90. The number of terminal acetylenes is 1. The standard InChI is InChI=1S/C16H18N4S/c1-2-8-19-9-11-20(12-10-19)16-18-17-15(21-16)13-14-6-4-3-5-7-14/h1,3-7H,8-13H2. The number of hydrogen-bond donors (Lipinski definition) is 0. The molecule has 1 aromatic carbocycles. The van der Waals surface area contributed by atoms with Gasteiger partial charge in [-0.15, -0.1) is 16.6 Å². The van der Waals surface area contributed by atoms with Gasteiger partial charge in [0.2, 0.25) is 5.13 Å². The van der Waals surface area contributed by atoms with Crippen molar-refractivity contribution in [1.82, 2.24) is 15.1 Å². The monoisotopic (exact) mass is 298 g/mol. The predicted molar refractivity (Wildman–Crippen MR) is 86.6 cm³/mol. The maximum Gasteiger partial charge on any atom is 0.208 e. The van der Waals surface area contributed by atoms with Gasteiger partial charge in [0.25, 0.3) is 0 Å². The highest BCUT2D eigenvalue weighted by molar-refractivity contribution is 7.15. The molecule has 1 aromatic heterocycles. The van der Waals surface area contributed by atoms with Crippen LogP contribution in [0.25, 0.3) is 0 Å². The average molecular weight is 298 g/mol. The number of piperazine rings is 1. The summed E-state index contributed by atoms with van der Waals surface area (Å²) in [4.78, 5) is 4.60. The van der Waals surface area contributed by atoms with Crippen LogP contribution in [0.1, 0.15) is 10.6 Å². The van der Waals surface area contributed by atoms with Gasteiger partial charge in [-0.25, -0.2) is 0 Å². The molecule has 108 valence electrons. The van der Waals surface area contributed by atoms with Crippen molar-refractivity contribution in [1.29, 1.82) is 0 Å². The molecule has 0 bridgehead atoms. The lowest BCUT2D eigenvalue weighted by atomic mass is 10.2. The maximum absolute atomic E-state index is 5.36. The third kappa shape index (κ3) is 3.60. The van der Waals surface area contributed by atoms with Crippen LogP contribution in [0.2, 0.25) is 0 Å². The van der Waals surface area contributed by atoms with E-state index in [0.29, 0.717) is 0 Å². The Bertz CT molecular complexity index is 609. The first-order chi connectivity index (χ1) is 10.3. The largest absolute Gasteiger partial charge is 0.344 e. The minimum absolute atomic E-state index is 0.739. The summed E-state index contributed by atoms with van der Waals surface area (Å²) in [5.41, 5.74) is 1.28. The van der Waals surface area contributed by atoms with E-state index in [2.05, 4.69) is 50.2 Å². The molecule has 1 aliphatic rings. The highest BCUT2D eigenvalue weighted by Crippen LogP contribution is 2.23. The molecule has 4 nitrogen and oxygen atoms in total. The maximum atomic E-state index is 5.36. The van der Waals surface area contributed by atoms with E-state index in [1.807, 2.05) is 6.07 Å². The molecule has 1 saturated heterocycles. The lowest BCUT2D eigenvalue weighted by Gasteiger charge is -2.33. The minimum atomic E-state index is 0.739. The molecule has 0 radical (unpaired) electrons. The third-order valence-electron chi connectivity index (χ3n) is 3.61. The molecule has 2 heterocycles. The molecule has 21 heavy (non-hydrogen) atoms. The Morgan fingerprint density at radius 1 is 1.10 bits per heavy atom. The zero-order valence-electron chi connectivity index (χ0n) is 11.9. The Kier molecular flexibility index (Phi) is 4.49. The lowest BCUT2D eigenvalue weighted by Crippen LogP contribution is -2.46. The molecule has 2 aromatic rings. The fraction of sp³-hybridized carbons (Fsp3) is 0.375. The first kappa shape index (κ1) is 14.1. The fourth-order valence-electron chi connectivity index (χ4n) is 2.44. The molecule has 0 aliphatic carbocycles. The SMILES string of the molecule is C#CCN1CCN(c2nnc(Cc3ccccc3)s2)CC1. The average Bonchev–Trinajstić information content (AvgIpc) is 2.98. The second-order valence-corrected chi connectivity index (χ2v) is 6.15. The molecule has 0 amide bonds. The predicted octanol–water partition coefficient (Wildman–Crippen LogP) is 1.88. The topological polar surface area (TPSA) is 32.3 Å². The van der Waals surface area contributed by atoms with Crippen LogP contribution < -0.4 is 4.90 Å². The van der Waals surface area contributed by atoms with Crippen LogP contribution in [0, 0.1) is 12.3 Å². The highest BCUT2D eigenvalue weighted by Gasteiger charge is 2.19. The molecule has 0 saturated carbocycles. The van der Waals surface area contributed by atoms with Gasteiger partial charge in [0.05, 0.1) is 6.54 Å². The van der Waals surface area contributed by atoms with Crippen molar-refractivity contribution in [3.8, 4) is 12.3 Å². The Morgan fingerprint density at radius 3 is 2.57 bits per heavy atom. The summed E-state index contributed by atoms with van der Waals surface area (Å²) < 4.78 is 0. The molecule has 1 aliphatic heterocycles. The minimum Gasteiger partial charge on any atom is -0.344 e. The van der Waals surface area contributed by atoms with Crippen LogP contribution >= 0.6 is 11.3 Å². The zero-order valence-corrected chi connectivity index (χ0v) is 12.7. The zero-order chi connectivity index (χ0) is 14.5. The quantitative estimate of drug-likeness (QED) is 0.807. The molecule has 0 atom stereocenters. The molecule has 0 N–H and O–H groups in total. The summed E-state index contributed by atoms with van der Waals surface area (Å²) in [6, 6.07) is 10.4. The molecule has 3 rings (SSSR count). The molecular weight excluding hydrogens is 280 g/mol. The second-order valence-electron chi connectivity index (χ2n) is 5.11. The van der Waals surface area contributed by atoms with Gasteiger partial charge >= 0.3 is 0 Å². The van der Waals surface area contributed by atoms with Crippen LogP contribution in [0.3, 0.4) is 0 Å². The van der Waals surface area contributed by atoms with E-state index in [-0.39, 0.29) is 0 Å². The smallest absolute Gasteiger partial charge is 0.208 e. The summed E-state index contributed by atoms with van der Waals surface area (Å²) >= 11 is 1.69. The van der Waals surface area contributed by atoms with E-state index in [9.17, 15) is 0 Å². The molecular formula is C16H18N4S. The van der Waals surface area contributed by atoms with Gasteiger partial charge in [-0.1, -0.05) is 47.6 Å². The van der Waals surface area contributed by atoms with E-state index in [1.54, 1.807) is 11.3 Å². The van der Waals surface area contributed by atoms with Gasteiger partial charge in [-0.3, -0.25) is 4.90 Å². The van der Waals surface area contributed by atoms with Crippen LogP contribution in [0.15, 0.2) is 30.3 Å². The van der Waals surface area contributed by atoms with E-state index >= 15 is 0 Å². The summed E-state index contributed by atoms with van der Waals surface area (Å²) in [6.07, 6.45) is 6.21. The fourth-order valence-corrected chi connectivity index (χ4v) is 3.37. The van der Waals surface area contributed by atoms with E-state index in [1.165, 1.54) is 5.56 Å². The number of nitrogens with zero attached hydrogens (tertiary/aromatic N) is 4. The van der Waals surface area contributed by atoms with E-state index in [4.69, 9.17) is 6.42 Å². The van der Waals surface area contributed by atoms with Crippen LogP contribution in [0.5, 0.6) is 0 Å². The first-order valence-electron chi connectivity index (χ1n) is 7.12. The Balaban J connectivity index is 1.60. The number of aromatic nitrogens is 2. The second kappa shape index (κ2) is 6.70. The van der Waals surface area contributed by atoms with Gasteiger partial charge in [0.1, 0.15) is 5.01 Å². The van der Waals surface area contributed by atoms with Crippen molar-refractivity contribution in [3.63, 3.8) is 0 Å². The van der Waals surface area contributed by atoms with Gasteiger partial charge < -0.3 is 4.90 Å². The summed E-state index contributed by atoms with van der Waals surface area (Å²) in [6.45, 7) is 4.68. The number of anilines is 1. The number of benzene rings is 1. The van der Waals surface area contributed by atoms with E-state index < -0.39 is 0 Å². The Labute approximate surface area is 129 Å². The molecule has 1 fully saturated rings. The summed E-state index contributed by atoms with van der Waals surface area (Å²) in [5, 5.41) is 10.8. The normalized spacial score (nSPS) is 15.9. The van der Waals surface area contributed by atoms with Crippen LogP contribution in [-0.2, 0) is 6.42 Å². The third-order valence-corrected chi connectivity index (χ3v) is 4.60. The highest BCUT2D eigenvalue weighted by atomic mass is 32.1. The van der Waals surface area contributed by atoms with Gasteiger partial charge in [-0.05, 0) is 5.56 Å². The first-order valence-corrected chi connectivity index (χ1v) is 7.94. The number of rotatable bonds is 4. The van der Waals surface area contributed by atoms with Gasteiger partial charge in [0, 0.05) is 32.6 Å². The van der Waals surface area contributed by atoms with Crippen molar-refractivity contribution < 1.29 is 0 Å². The van der Waals surface area contributed by atoms with Crippen molar-refractivity contribution in [2.75, 3.05) is 37.6 Å². The number of hydrogen-bond acceptors (Lipinski definition) is 5. The molecule has 0 unspecified atom stereocenters. The Morgan fingerprint density at radius 2 is 1.86 bits per heavy atom. The van der Waals surface area contributed by atoms with Crippen molar-refractivity contribution >= 4 is 16.5 Å². The lowest BCUT2D eigenvalue weighted by molar-refractivity contribution is 0.288. The summed E-state index contributed by atoms with van der Waals surface area (Å²) in [7, 11) is 0. The van der Waals surface area contributed by atoms with Crippen molar-refractivity contribution in [2.45, 2.75) is 6.42 Å². The van der Waals surface area contributed by atoms with E-state index in [0.717, 1.165) is 49.3 Å². The van der Waals surface area contributed by atoms with Crippen LogP contribution in [-0.4, -0.2) is 47.8 Å². The van der Waals surface area contributed by atoms with Crippen LogP contribution in [0.4, 0.5) is 5.13 Å². The van der Waals surface area contributed by atoms with Gasteiger partial charge in [0.15, 0.2) is 0 Å².